The summed E-state index contributed by atoms with van der Waals surface area (Å²) in [4.78, 5) is 20.5. The van der Waals surface area contributed by atoms with E-state index in [1.54, 1.807) is 0 Å². The fraction of sp³-hybridized carbons (Fsp3) is 0.571. The van der Waals surface area contributed by atoms with Crippen molar-refractivity contribution in [1.29, 1.82) is 0 Å². The first-order chi connectivity index (χ1) is 9.31. The van der Waals surface area contributed by atoms with Gasteiger partial charge in [-0.05, 0) is 32.1 Å². The Kier molecular flexibility index (Phi) is 10.1. The van der Waals surface area contributed by atoms with Crippen LogP contribution in [0, 0.1) is 0 Å². The summed E-state index contributed by atoms with van der Waals surface area (Å²) in [6.07, 6.45) is 3.37. The van der Waals surface area contributed by atoms with Crippen LogP contribution in [0.15, 0.2) is 24.4 Å². The molecule has 1 aromatic heterocycles. The number of aromatic nitrogens is 1. The molecule has 120 valence electrons. The van der Waals surface area contributed by atoms with Crippen LogP contribution in [-0.4, -0.2) is 55.6 Å². The zero-order valence-electron chi connectivity index (χ0n) is 12.3. The summed E-state index contributed by atoms with van der Waals surface area (Å²) in [6.45, 7) is 4.24. The number of piperazine rings is 1. The van der Waals surface area contributed by atoms with E-state index in [1.807, 2.05) is 36.3 Å². The molecule has 1 N–H and O–H groups in total. The van der Waals surface area contributed by atoms with Gasteiger partial charge in [0, 0.05) is 38.8 Å². The van der Waals surface area contributed by atoms with Gasteiger partial charge in [-0.2, -0.15) is 0 Å². The predicted octanol–water partition coefficient (Wildman–Crippen LogP) is 1.57. The molecule has 7 heteroatoms. The molecule has 0 aromatic carbocycles. The number of hydrogen-bond donors (Lipinski definition) is 1. The average molecular weight is 335 g/mol. The lowest BCUT2D eigenvalue weighted by molar-refractivity contribution is -0.131. The number of pyridine rings is 1. The summed E-state index contributed by atoms with van der Waals surface area (Å²) in [7, 11) is 1.91. The normalized spacial score (nSPS) is 14.1. The molecule has 0 bridgehead atoms. The maximum absolute atomic E-state index is 12.0. The molecule has 0 unspecified atom stereocenters. The van der Waals surface area contributed by atoms with Gasteiger partial charge in [0.15, 0.2) is 0 Å². The maximum atomic E-state index is 12.0. The zero-order chi connectivity index (χ0) is 13.5. The van der Waals surface area contributed by atoms with Crippen LogP contribution in [0.4, 0.5) is 5.82 Å². The highest BCUT2D eigenvalue weighted by Gasteiger charge is 2.21. The molecule has 0 radical (unpaired) electrons. The number of nitrogens with one attached hydrogen (secondary N) is 1. The van der Waals surface area contributed by atoms with E-state index in [-0.39, 0.29) is 30.7 Å². The van der Waals surface area contributed by atoms with Crippen LogP contribution in [-0.2, 0) is 4.79 Å². The molecule has 21 heavy (non-hydrogen) atoms. The number of carbonyl (C=O) groups excluding carboxylic acids is 1. The Morgan fingerprint density at radius 1 is 1.24 bits per heavy atom. The van der Waals surface area contributed by atoms with Crippen molar-refractivity contribution in [3.63, 3.8) is 0 Å². The molecule has 1 fully saturated rings. The fourth-order valence-electron chi connectivity index (χ4n) is 2.30. The molecule has 2 heterocycles. The van der Waals surface area contributed by atoms with Gasteiger partial charge in [0.25, 0.3) is 0 Å². The van der Waals surface area contributed by atoms with Gasteiger partial charge in [-0.3, -0.25) is 4.79 Å². The van der Waals surface area contributed by atoms with Crippen LogP contribution >= 0.6 is 24.8 Å². The van der Waals surface area contributed by atoms with Crippen LogP contribution in [0.2, 0.25) is 0 Å². The average Bonchev–Trinajstić information content (AvgIpc) is 2.48. The first-order valence-corrected chi connectivity index (χ1v) is 6.89. The summed E-state index contributed by atoms with van der Waals surface area (Å²) in [5, 5.41) is 3.07. The highest BCUT2D eigenvalue weighted by molar-refractivity contribution is 5.85. The second kappa shape index (κ2) is 10.7. The lowest BCUT2D eigenvalue weighted by Crippen LogP contribution is -2.49. The molecular weight excluding hydrogens is 311 g/mol. The van der Waals surface area contributed by atoms with Gasteiger partial charge < -0.3 is 15.1 Å². The van der Waals surface area contributed by atoms with Gasteiger partial charge in [0.1, 0.15) is 5.82 Å². The molecular formula is C14H24Cl2N4O. The van der Waals surface area contributed by atoms with E-state index in [0.29, 0.717) is 6.42 Å². The van der Waals surface area contributed by atoms with Crippen molar-refractivity contribution in [3.8, 4) is 0 Å². The van der Waals surface area contributed by atoms with Crippen molar-refractivity contribution in [1.82, 2.24) is 15.2 Å². The Labute approximate surface area is 138 Å². The van der Waals surface area contributed by atoms with Crippen molar-refractivity contribution in [2.24, 2.45) is 0 Å². The van der Waals surface area contributed by atoms with Gasteiger partial charge in [-0.25, -0.2) is 4.98 Å². The molecule has 1 aliphatic heterocycles. The third-order valence-corrected chi connectivity index (χ3v) is 3.42. The minimum absolute atomic E-state index is 0. The minimum Gasteiger partial charge on any atom is -0.353 e. The van der Waals surface area contributed by atoms with Crippen molar-refractivity contribution in [3.05, 3.63) is 24.4 Å². The second-order valence-corrected chi connectivity index (χ2v) is 4.76. The lowest BCUT2D eigenvalue weighted by atomic mass is 10.2. The van der Waals surface area contributed by atoms with Gasteiger partial charge in [-0.15, -0.1) is 24.8 Å². The standard InChI is InChI=1S/C14H22N4O.2ClH/c1-15-7-4-6-14(19)18-11-9-17(10-12-18)13-5-2-3-8-16-13;;/h2-3,5,8,15H,4,6-7,9-12H2,1H3;2*1H. The topological polar surface area (TPSA) is 48.5 Å². The number of nitrogens with zero attached hydrogens (tertiary/aromatic N) is 3. The third kappa shape index (κ3) is 6.08. The number of carbonyl (C=O) groups is 1. The molecule has 1 amide bonds. The number of rotatable bonds is 5. The Hall–Kier alpha value is -1.04. The van der Waals surface area contributed by atoms with Crippen LogP contribution < -0.4 is 10.2 Å². The van der Waals surface area contributed by atoms with Crippen molar-refractivity contribution >= 4 is 36.5 Å². The Bertz CT molecular complexity index is 397. The number of anilines is 1. The largest absolute Gasteiger partial charge is 0.353 e. The molecule has 0 aliphatic carbocycles. The number of hydrogen-bond acceptors (Lipinski definition) is 4. The fourth-order valence-corrected chi connectivity index (χ4v) is 2.30. The highest BCUT2D eigenvalue weighted by atomic mass is 35.5. The molecule has 1 saturated heterocycles. The number of amides is 1. The van der Waals surface area contributed by atoms with Crippen molar-refractivity contribution < 1.29 is 4.79 Å². The summed E-state index contributed by atoms with van der Waals surface area (Å²) < 4.78 is 0. The van der Waals surface area contributed by atoms with Gasteiger partial charge in [-0.1, -0.05) is 6.07 Å². The zero-order valence-corrected chi connectivity index (χ0v) is 14.0. The van der Waals surface area contributed by atoms with E-state index in [4.69, 9.17) is 0 Å². The SMILES string of the molecule is CNCCCC(=O)N1CCN(c2ccccn2)CC1.Cl.Cl. The molecule has 5 nitrogen and oxygen atoms in total. The first-order valence-electron chi connectivity index (χ1n) is 6.89. The Morgan fingerprint density at radius 3 is 2.52 bits per heavy atom. The first kappa shape index (κ1) is 20.0. The monoisotopic (exact) mass is 334 g/mol. The van der Waals surface area contributed by atoms with E-state index in [0.717, 1.165) is 45.0 Å². The Morgan fingerprint density at radius 2 is 1.95 bits per heavy atom. The van der Waals surface area contributed by atoms with Crippen molar-refractivity contribution in [2.45, 2.75) is 12.8 Å². The van der Waals surface area contributed by atoms with E-state index in [1.165, 1.54) is 0 Å². The molecule has 0 atom stereocenters. The molecule has 1 aliphatic rings. The van der Waals surface area contributed by atoms with Crippen LogP contribution in [0.1, 0.15) is 12.8 Å². The highest BCUT2D eigenvalue weighted by Crippen LogP contribution is 2.13. The number of halogens is 2. The quantitative estimate of drug-likeness (QED) is 0.830. The minimum atomic E-state index is 0. The summed E-state index contributed by atoms with van der Waals surface area (Å²) >= 11 is 0. The Balaban J connectivity index is 0.00000200. The maximum Gasteiger partial charge on any atom is 0.222 e. The summed E-state index contributed by atoms with van der Waals surface area (Å²) in [5.74, 6) is 1.28. The van der Waals surface area contributed by atoms with Crippen LogP contribution in [0.5, 0.6) is 0 Å². The van der Waals surface area contributed by atoms with Crippen molar-refractivity contribution in [2.75, 3.05) is 44.7 Å². The predicted molar refractivity (Wildman–Crippen MR) is 90.7 cm³/mol. The molecule has 2 rings (SSSR count). The second-order valence-electron chi connectivity index (χ2n) is 4.76. The lowest BCUT2D eigenvalue weighted by Gasteiger charge is -2.35. The van der Waals surface area contributed by atoms with E-state index >= 15 is 0 Å². The molecule has 1 aromatic rings. The van der Waals surface area contributed by atoms with E-state index in [9.17, 15) is 4.79 Å². The third-order valence-electron chi connectivity index (χ3n) is 3.42. The van der Waals surface area contributed by atoms with E-state index < -0.39 is 0 Å². The van der Waals surface area contributed by atoms with Crippen LogP contribution in [0.3, 0.4) is 0 Å². The van der Waals surface area contributed by atoms with Gasteiger partial charge in [0.2, 0.25) is 5.91 Å². The molecule has 0 spiro atoms. The van der Waals surface area contributed by atoms with E-state index in [2.05, 4.69) is 15.2 Å². The van der Waals surface area contributed by atoms with Gasteiger partial charge >= 0.3 is 0 Å². The summed E-state index contributed by atoms with van der Waals surface area (Å²) in [6, 6.07) is 5.94. The smallest absolute Gasteiger partial charge is 0.222 e. The summed E-state index contributed by atoms with van der Waals surface area (Å²) in [5.41, 5.74) is 0. The van der Waals surface area contributed by atoms with Crippen LogP contribution in [0.25, 0.3) is 0 Å². The molecule has 0 saturated carbocycles. The van der Waals surface area contributed by atoms with Gasteiger partial charge in [0.05, 0.1) is 0 Å².